The van der Waals surface area contributed by atoms with Crippen LogP contribution in [-0.2, 0) is 12.8 Å². The number of likely N-dealkylation sites (N-methyl/N-ethyl adjacent to an activating group) is 1. The summed E-state index contributed by atoms with van der Waals surface area (Å²) in [7, 11) is 4.27. The highest BCUT2D eigenvalue weighted by Crippen LogP contribution is 2.38. The summed E-state index contributed by atoms with van der Waals surface area (Å²) in [5.74, 6) is 1.00. The Morgan fingerprint density at radius 2 is 2.12 bits per heavy atom. The Balaban J connectivity index is 1.63. The van der Waals surface area contributed by atoms with Crippen LogP contribution in [0.2, 0.25) is 0 Å². The van der Waals surface area contributed by atoms with Crippen LogP contribution in [0.3, 0.4) is 0 Å². The monoisotopic (exact) mass is 358 g/mol. The van der Waals surface area contributed by atoms with E-state index in [1.165, 1.54) is 46.4 Å². The fourth-order valence-corrected chi connectivity index (χ4v) is 5.59. The van der Waals surface area contributed by atoms with Crippen molar-refractivity contribution in [1.29, 1.82) is 0 Å². The van der Waals surface area contributed by atoms with Gasteiger partial charge in [-0.25, -0.2) is 9.97 Å². The summed E-state index contributed by atoms with van der Waals surface area (Å²) in [6, 6.07) is 4.68. The number of hydrogen-bond donors (Lipinski definition) is 1. The Morgan fingerprint density at radius 3 is 2.92 bits per heavy atom. The van der Waals surface area contributed by atoms with E-state index < -0.39 is 0 Å². The molecule has 1 aliphatic carbocycles. The van der Waals surface area contributed by atoms with E-state index in [-0.39, 0.29) is 0 Å². The lowest BCUT2D eigenvalue weighted by Gasteiger charge is -2.24. The molecule has 0 bridgehead atoms. The summed E-state index contributed by atoms with van der Waals surface area (Å²) in [5, 5.41) is 7.02. The zero-order chi connectivity index (χ0) is 16.5. The van der Waals surface area contributed by atoms with E-state index in [9.17, 15) is 0 Å². The van der Waals surface area contributed by atoms with E-state index in [1.54, 1.807) is 6.33 Å². The van der Waals surface area contributed by atoms with Gasteiger partial charge in [-0.3, -0.25) is 0 Å². The first-order chi connectivity index (χ1) is 11.7. The van der Waals surface area contributed by atoms with Gasteiger partial charge in [0, 0.05) is 16.3 Å². The molecule has 0 radical (unpaired) electrons. The third kappa shape index (κ3) is 2.94. The van der Waals surface area contributed by atoms with Gasteiger partial charge >= 0.3 is 0 Å². The second kappa shape index (κ2) is 6.78. The Bertz CT molecular complexity index is 823. The summed E-state index contributed by atoms with van der Waals surface area (Å²) in [6.07, 6.45) is 6.65. The first kappa shape index (κ1) is 16.0. The zero-order valence-corrected chi connectivity index (χ0v) is 15.7. The molecule has 1 N–H and O–H groups in total. The average molecular weight is 359 g/mol. The molecule has 3 aromatic heterocycles. The Labute approximate surface area is 150 Å². The van der Waals surface area contributed by atoms with Crippen LogP contribution in [0, 0.1) is 0 Å². The molecule has 1 atom stereocenters. The van der Waals surface area contributed by atoms with Gasteiger partial charge in [-0.2, -0.15) is 0 Å². The van der Waals surface area contributed by atoms with E-state index in [2.05, 4.69) is 51.8 Å². The van der Waals surface area contributed by atoms with Crippen LogP contribution < -0.4 is 5.32 Å². The minimum absolute atomic E-state index is 0.351. The van der Waals surface area contributed by atoms with Crippen LogP contribution in [0.4, 0.5) is 5.82 Å². The lowest BCUT2D eigenvalue weighted by Crippen LogP contribution is -2.26. The van der Waals surface area contributed by atoms with Crippen molar-refractivity contribution in [3.05, 3.63) is 39.2 Å². The summed E-state index contributed by atoms with van der Waals surface area (Å²) >= 11 is 3.66. The van der Waals surface area contributed by atoms with Crippen LogP contribution in [0.25, 0.3) is 10.2 Å². The van der Waals surface area contributed by atoms with Crippen molar-refractivity contribution in [2.24, 2.45) is 0 Å². The number of nitrogens with one attached hydrogen (secondary N) is 1. The van der Waals surface area contributed by atoms with Crippen molar-refractivity contribution >= 4 is 38.7 Å². The first-order valence-electron chi connectivity index (χ1n) is 8.43. The maximum absolute atomic E-state index is 4.57. The Morgan fingerprint density at radius 1 is 1.25 bits per heavy atom. The number of rotatable bonds is 5. The third-order valence-corrected chi connectivity index (χ3v) is 6.88. The molecule has 0 saturated heterocycles. The summed E-state index contributed by atoms with van der Waals surface area (Å²) in [5.41, 5.74) is 1.49. The first-order valence-corrected chi connectivity index (χ1v) is 10.1. The van der Waals surface area contributed by atoms with E-state index in [4.69, 9.17) is 0 Å². The molecule has 0 aromatic carbocycles. The van der Waals surface area contributed by atoms with E-state index in [1.807, 2.05) is 22.7 Å². The largest absolute Gasteiger partial charge is 0.367 e. The second-order valence-electron chi connectivity index (χ2n) is 6.49. The standard InChI is InChI=1S/C18H22N4S2/c1-22(2)13(15-8-5-9-23-15)10-19-17-16-12-6-3-4-7-14(12)24-18(16)21-11-20-17/h5,8-9,11,13H,3-4,6-7,10H2,1-2H3,(H,19,20,21)/t13-/m0/s1. The number of fused-ring (bicyclic) bond motifs is 3. The Hall–Kier alpha value is -1.50. The smallest absolute Gasteiger partial charge is 0.138 e. The minimum atomic E-state index is 0.351. The number of nitrogens with zero attached hydrogens (tertiary/aromatic N) is 3. The van der Waals surface area contributed by atoms with Gasteiger partial charge in [0.25, 0.3) is 0 Å². The lowest BCUT2D eigenvalue weighted by atomic mass is 9.97. The van der Waals surface area contributed by atoms with Crippen molar-refractivity contribution in [2.45, 2.75) is 31.7 Å². The minimum Gasteiger partial charge on any atom is -0.367 e. The maximum atomic E-state index is 4.57. The van der Waals surface area contributed by atoms with Gasteiger partial charge in [-0.05, 0) is 56.8 Å². The van der Waals surface area contributed by atoms with Gasteiger partial charge in [-0.15, -0.1) is 22.7 Å². The van der Waals surface area contributed by atoms with Crippen molar-refractivity contribution < 1.29 is 0 Å². The summed E-state index contributed by atoms with van der Waals surface area (Å²) < 4.78 is 0. The number of aromatic nitrogens is 2. The van der Waals surface area contributed by atoms with E-state index in [0.29, 0.717) is 6.04 Å². The molecule has 0 fully saturated rings. The van der Waals surface area contributed by atoms with E-state index >= 15 is 0 Å². The molecule has 24 heavy (non-hydrogen) atoms. The molecule has 0 saturated carbocycles. The van der Waals surface area contributed by atoms with E-state index in [0.717, 1.165) is 17.2 Å². The molecule has 1 aliphatic rings. The van der Waals surface area contributed by atoms with Gasteiger partial charge < -0.3 is 10.2 Å². The highest BCUT2D eigenvalue weighted by atomic mass is 32.1. The predicted molar refractivity (Wildman–Crippen MR) is 103 cm³/mol. The zero-order valence-electron chi connectivity index (χ0n) is 14.1. The molecule has 0 unspecified atom stereocenters. The molecule has 3 heterocycles. The molecular weight excluding hydrogens is 336 g/mol. The predicted octanol–water partition coefficient (Wildman–Crippen LogP) is 4.35. The van der Waals surface area contributed by atoms with Crippen LogP contribution in [0.15, 0.2) is 23.8 Å². The van der Waals surface area contributed by atoms with Gasteiger partial charge in [0.2, 0.25) is 0 Å². The lowest BCUT2D eigenvalue weighted by molar-refractivity contribution is 0.316. The molecule has 6 heteroatoms. The van der Waals surface area contributed by atoms with Gasteiger partial charge in [-0.1, -0.05) is 6.07 Å². The van der Waals surface area contributed by atoms with Crippen molar-refractivity contribution in [1.82, 2.24) is 14.9 Å². The molecule has 0 spiro atoms. The van der Waals surface area contributed by atoms with Crippen molar-refractivity contribution in [3.63, 3.8) is 0 Å². The summed E-state index contributed by atoms with van der Waals surface area (Å²) in [4.78, 5) is 15.4. The molecule has 4 rings (SSSR count). The number of anilines is 1. The fourth-order valence-electron chi connectivity index (χ4n) is 3.44. The second-order valence-corrected chi connectivity index (χ2v) is 8.55. The maximum Gasteiger partial charge on any atom is 0.138 e. The number of thiophene rings is 2. The van der Waals surface area contributed by atoms with Crippen LogP contribution >= 0.6 is 22.7 Å². The SMILES string of the molecule is CN(C)[C@@H](CNc1ncnc2sc3c(c12)CCCC3)c1cccs1. The van der Waals surface area contributed by atoms with Gasteiger partial charge in [0.15, 0.2) is 0 Å². The summed E-state index contributed by atoms with van der Waals surface area (Å²) in [6.45, 7) is 0.851. The normalized spacial score (nSPS) is 15.6. The highest BCUT2D eigenvalue weighted by Gasteiger charge is 2.21. The molecule has 126 valence electrons. The highest BCUT2D eigenvalue weighted by molar-refractivity contribution is 7.19. The fraction of sp³-hybridized carbons (Fsp3) is 0.444. The number of hydrogen-bond acceptors (Lipinski definition) is 6. The van der Waals surface area contributed by atoms with Gasteiger partial charge in [0.05, 0.1) is 11.4 Å². The quantitative estimate of drug-likeness (QED) is 0.736. The van der Waals surface area contributed by atoms with Crippen molar-refractivity contribution in [2.75, 3.05) is 26.0 Å². The molecular formula is C18H22N4S2. The van der Waals surface area contributed by atoms with Crippen LogP contribution in [-0.4, -0.2) is 35.5 Å². The molecule has 3 aromatic rings. The topological polar surface area (TPSA) is 41.0 Å². The van der Waals surface area contributed by atoms with Crippen LogP contribution in [0.1, 0.15) is 34.2 Å². The molecule has 4 nitrogen and oxygen atoms in total. The average Bonchev–Trinajstić information content (AvgIpc) is 3.22. The Kier molecular flexibility index (Phi) is 4.52. The number of aryl methyl sites for hydroxylation is 2. The third-order valence-electron chi connectivity index (χ3n) is 4.71. The molecule has 0 aliphatic heterocycles. The van der Waals surface area contributed by atoms with Crippen molar-refractivity contribution in [3.8, 4) is 0 Å². The van der Waals surface area contributed by atoms with Gasteiger partial charge in [0.1, 0.15) is 17.0 Å². The van der Waals surface area contributed by atoms with Crippen LogP contribution in [0.5, 0.6) is 0 Å². The molecule has 0 amide bonds.